The molecule has 0 aromatic heterocycles. The van der Waals surface area contributed by atoms with Crippen LogP contribution in [-0.2, 0) is 14.3 Å². The molecule has 1 heterocycles. The highest BCUT2D eigenvalue weighted by atomic mass is 35.5. The van der Waals surface area contributed by atoms with Gasteiger partial charge in [-0.2, -0.15) is 0 Å². The smallest absolute Gasteiger partial charge is 0.363 e. The van der Waals surface area contributed by atoms with Gasteiger partial charge >= 0.3 is 11.9 Å². The lowest BCUT2D eigenvalue weighted by Gasteiger charge is -2.03. The van der Waals surface area contributed by atoms with Gasteiger partial charge in [-0.3, -0.25) is 14.9 Å². The molecule has 0 atom stereocenters. The fourth-order valence-electron chi connectivity index (χ4n) is 2.35. The summed E-state index contributed by atoms with van der Waals surface area (Å²) < 4.78 is 10.2. The molecule has 0 N–H and O–H groups in total. The zero-order chi connectivity index (χ0) is 20.3. The van der Waals surface area contributed by atoms with E-state index < -0.39 is 10.9 Å². The molecule has 0 saturated heterocycles. The van der Waals surface area contributed by atoms with Crippen LogP contribution < -0.4 is 4.74 Å². The number of nitro groups is 1. The molecule has 0 radical (unpaired) electrons. The Bertz CT molecular complexity index is 1040. The van der Waals surface area contributed by atoms with Gasteiger partial charge in [0, 0.05) is 18.1 Å². The molecule has 142 valence electrons. The van der Waals surface area contributed by atoms with Gasteiger partial charge in [0.1, 0.15) is 10.8 Å². The average molecular weight is 401 g/mol. The SMILES string of the molecule is CCC(=O)Oc1cccc(/C=C2\N=C(c3ccc(Cl)c([N+](=O)[O-])c3)OC2=O)c1. The second-order valence-corrected chi connectivity index (χ2v) is 6.07. The molecule has 0 bridgehead atoms. The summed E-state index contributed by atoms with van der Waals surface area (Å²) >= 11 is 5.79. The first kappa shape index (κ1) is 19.2. The first-order chi connectivity index (χ1) is 13.4. The Morgan fingerprint density at radius 2 is 2.11 bits per heavy atom. The number of nitro benzene ring substituents is 1. The van der Waals surface area contributed by atoms with Crippen molar-refractivity contribution < 1.29 is 24.0 Å². The van der Waals surface area contributed by atoms with E-state index in [0.29, 0.717) is 11.3 Å². The van der Waals surface area contributed by atoms with Gasteiger partial charge in [-0.05, 0) is 35.9 Å². The Balaban J connectivity index is 1.90. The van der Waals surface area contributed by atoms with Crippen LogP contribution in [-0.4, -0.2) is 22.8 Å². The van der Waals surface area contributed by atoms with Crippen molar-refractivity contribution in [2.45, 2.75) is 13.3 Å². The number of benzene rings is 2. The van der Waals surface area contributed by atoms with E-state index in [0.717, 1.165) is 0 Å². The van der Waals surface area contributed by atoms with Crippen molar-refractivity contribution in [1.82, 2.24) is 0 Å². The summed E-state index contributed by atoms with van der Waals surface area (Å²) in [5.74, 6) is -0.812. The minimum absolute atomic E-state index is 0.00608. The van der Waals surface area contributed by atoms with Gasteiger partial charge in [0.05, 0.1) is 4.92 Å². The molecule has 0 aliphatic carbocycles. The summed E-state index contributed by atoms with van der Waals surface area (Å²) in [5, 5.41) is 11.0. The number of hydrogen-bond donors (Lipinski definition) is 0. The van der Waals surface area contributed by atoms with Crippen LogP contribution in [0.25, 0.3) is 6.08 Å². The molecule has 0 unspecified atom stereocenters. The molecule has 0 amide bonds. The van der Waals surface area contributed by atoms with Crippen LogP contribution in [0.5, 0.6) is 5.75 Å². The number of carbonyl (C=O) groups excluding carboxylic acids is 2. The highest BCUT2D eigenvalue weighted by molar-refractivity contribution is 6.32. The van der Waals surface area contributed by atoms with Crippen LogP contribution in [0.3, 0.4) is 0 Å². The highest BCUT2D eigenvalue weighted by Gasteiger charge is 2.26. The second kappa shape index (κ2) is 8.01. The maximum Gasteiger partial charge on any atom is 0.363 e. The van der Waals surface area contributed by atoms with Crippen LogP contribution in [0.2, 0.25) is 5.02 Å². The fourth-order valence-corrected chi connectivity index (χ4v) is 2.53. The Labute approximate surface area is 164 Å². The number of rotatable bonds is 5. The van der Waals surface area contributed by atoms with Gasteiger partial charge in [-0.25, -0.2) is 9.79 Å². The van der Waals surface area contributed by atoms with E-state index in [2.05, 4.69) is 4.99 Å². The lowest BCUT2D eigenvalue weighted by atomic mass is 10.2. The zero-order valence-electron chi connectivity index (χ0n) is 14.5. The van der Waals surface area contributed by atoms with Crippen LogP contribution >= 0.6 is 11.6 Å². The first-order valence-corrected chi connectivity index (χ1v) is 8.53. The van der Waals surface area contributed by atoms with Crippen molar-refractivity contribution in [1.29, 1.82) is 0 Å². The largest absolute Gasteiger partial charge is 0.427 e. The van der Waals surface area contributed by atoms with E-state index in [-0.39, 0.29) is 40.3 Å². The molecule has 2 aromatic carbocycles. The maximum atomic E-state index is 12.1. The van der Waals surface area contributed by atoms with Crippen LogP contribution in [0, 0.1) is 10.1 Å². The average Bonchev–Trinajstić information content (AvgIpc) is 3.02. The lowest BCUT2D eigenvalue weighted by Crippen LogP contribution is -2.06. The molecule has 28 heavy (non-hydrogen) atoms. The van der Waals surface area contributed by atoms with Crippen molar-refractivity contribution >= 4 is 41.2 Å². The number of ether oxygens (including phenoxy) is 2. The summed E-state index contributed by atoms with van der Waals surface area (Å²) in [4.78, 5) is 38.0. The van der Waals surface area contributed by atoms with Gasteiger partial charge in [0.25, 0.3) is 5.69 Å². The van der Waals surface area contributed by atoms with Gasteiger partial charge in [-0.15, -0.1) is 0 Å². The molecule has 1 aliphatic rings. The number of nitrogens with zero attached hydrogens (tertiary/aromatic N) is 2. The van der Waals surface area contributed by atoms with Crippen molar-refractivity contribution in [3.8, 4) is 5.75 Å². The molecule has 0 spiro atoms. The van der Waals surface area contributed by atoms with Crippen molar-refractivity contribution in [2.75, 3.05) is 0 Å². The molecule has 0 saturated carbocycles. The van der Waals surface area contributed by atoms with E-state index >= 15 is 0 Å². The third kappa shape index (κ3) is 4.24. The minimum atomic E-state index is -0.705. The van der Waals surface area contributed by atoms with E-state index in [1.54, 1.807) is 31.2 Å². The molecule has 9 heteroatoms. The number of carbonyl (C=O) groups is 2. The summed E-state index contributed by atoms with van der Waals surface area (Å²) in [5.41, 5.74) is 0.506. The monoisotopic (exact) mass is 400 g/mol. The Hall–Kier alpha value is -3.52. The number of cyclic esters (lactones) is 1. The maximum absolute atomic E-state index is 12.1. The Morgan fingerprint density at radius 1 is 1.32 bits per heavy atom. The third-order valence-electron chi connectivity index (χ3n) is 3.69. The van der Waals surface area contributed by atoms with Gasteiger partial charge in [0.2, 0.25) is 5.90 Å². The molecule has 0 fully saturated rings. The van der Waals surface area contributed by atoms with Crippen molar-refractivity contribution in [2.24, 2.45) is 4.99 Å². The Kier molecular flexibility index (Phi) is 5.51. The minimum Gasteiger partial charge on any atom is -0.427 e. The second-order valence-electron chi connectivity index (χ2n) is 5.66. The normalized spacial score (nSPS) is 14.6. The number of halogens is 1. The van der Waals surface area contributed by atoms with Crippen molar-refractivity contribution in [3.63, 3.8) is 0 Å². The van der Waals surface area contributed by atoms with Crippen LogP contribution in [0.1, 0.15) is 24.5 Å². The topological polar surface area (TPSA) is 108 Å². The molecule has 8 nitrogen and oxygen atoms in total. The zero-order valence-corrected chi connectivity index (χ0v) is 15.3. The predicted octanol–water partition coefficient (Wildman–Crippen LogP) is 3.91. The lowest BCUT2D eigenvalue weighted by molar-refractivity contribution is -0.384. The predicted molar refractivity (Wildman–Crippen MR) is 101 cm³/mol. The third-order valence-corrected chi connectivity index (χ3v) is 4.01. The number of hydrogen-bond acceptors (Lipinski definition) is 7. The quantitative estimate of drug-likeness (QED) is 0.247. The van der Waals surface area contributed by atoms with E-state index in [4.69, 9.17) is 21.1 Å². The van der Waals surface area contributed by atoms with Crippen molar-refractivity contribution in [3.05, 3.63) is 74.4 Å². The fraction of sp³-hybridized carbons (Fsp3) is 0.105. The van der Waals surface area contributed by atoms with Gasteiger partial charge < -0.3 is 9.47 Å². The molecular weight excluding hydrogens is 388 g/mol. The standard InChI is InChI=1S/C19H13ClN2O6/c1-2-17(23)27-13-5-3-4-11(8-13)9-15-19(24)28-18(21-15)12-6-7-14(20)16(10-12)22(25)26/h3-10H,2H2,1H3/b15-9-. The summed E-state index contributed by atoms with van der Waals surface area (Å²) in [6.07, 6.45) is 1.70. The highest BCUT2D eigenvalue weighted by Crippen LogP contribution is 2.28. The number of esters is 2. The summed E-state index contributed by atoms with van der Waals surface area (Å²) in [6, 6.07) is 10.5. The number of aliphatic imine (C=N–C) groups is 1. The van der Waals surface area contributed by atoms with Gasteiger partial charge in [0.15, 0.2) is 5.70 Å². The first-order valence-electron chi connectivity index (χ1n) is 8.15. The van der Waals surface area contributed by atoms with E-state index in [1.807, 2.05) is 0 Å². The molecule has 3 rings (SSSR count). The summed E-state index contributed by atoms with van der Waals surface area (Å²) in [7, 11) is 0. The van der Waals surface area contributed by atoms with Gasteiger partial charge in [-0.1, -0.05) is 30.7 Å². The molecule has 1 aliphatic heterocycles. The Morgan fingerprint density at radius 3 is 2.82 bits per heavy atom. The molecular formula is C19H13ClN2O6. The van der Waals surface area contributed by atoms with E-state index in [9.17, 15) is 19.7 Å². The molecule has 2 aromatic rings. The summed E-state index contributed by atoms with van der Waals surface area (Å²) in [6.45, 7) is 1.68. The van der Waals surface area contributed by atoms with Crippen LogP contribution in [0.15, 0.2) is 53.2 Å². The van der Waals surface area contributed by atoms with E-state index in [1.165, 1.54) is 24.3 Å². The van der Waals surface area contributed by atoms with Crippen LogP contribution in [0.4, 0.5) is 5.69 Å².